The number of nitrogens with zero attached hydrogens (tertiary/aromatic N) is 1. The quantitative estimate of drug-likeness (QED) is 0.756. The van der Waals surface area contributed by atoms with Crippen LogP contribution in [0.15, 0.2) is 24.3 Å². The Balaban J connectivity index is 1.74. The third-order valence-corrected chi connectivity index (χ3v) is 4.23. The van der Waals surface area contributed by atoms with Crippen LogP contribution in [0.2, 0.25) is 0 Å². The SMILES string of the molecule is CC(C)NCc1ccccc1OCCN(C)CC1CC1C. The molecule has 1 saturated carbocycles. The summed E-state index contributed by atoms with van der Waals surface area (Å²) in [6.07, 6.45) is 1.40. The van der Waals surface area contributed by atoms with Crippen molar-refractivity contribution in [3.05, 3.63) is 29.8 Å². The van der Waals surface area contributed by atoms with Gasteiger partial charge in [0.25, 0.3) is 0 Å². The molecule has 0 bridgehead atoms. The molecule has 118 valence electrons. The average molecular weight is 290 g/mol. The highest BCUT2D eigenvalue weighted by molar-refractivity contribution is 5.33. The molecule has 0 amide bonds. The maximum atomic E-state index is 5.99. The Bertz CT molecular complexity index is 433. The van der Waals surface area contributed by atoms with E-state index in [1.165, 1.54) is 18.5 Å². The molecule has 1 N–H and O–H groups in total. The van der Waals surface area contributed by atoms with Gasteiger partial charge < -0.3 is 15.0 Å². The molecular weight excluding hydrogens is 260 g/mol. The van der Waals surface area contributed by atoms with E-state index in [2.05, 4.69) is 56.2 Å². The number of hydrogen-bond donors (Lipinski definition) is 1. The largest absolute Gasteiger partial charge is 0.492 e. The second-order valence-electron chi connectivity index (χ2n) is 6.73. The second kappa shape index (κ2) is 7.81. The predicted molar refractivity (Wildman–Crippen MR) is 88.7 cm³/mol. The molecule has 1 aliphatic rings. The van der Waals surface area contributed by atoms with Gasteiger partial charge in [-0.25, -0.2) is 0 Å². The van der Waals surface area contributed by atoms with Gasteiger partial charge in [-0.3, -0.25) is 0 Å². The molecule has 1 aromatic carbocycles. The van der Waals surface area contributed by atoms with Gasteiger partial charge in [-0.1, -0.05) is 39.0 Å². The van der Waals surface area contributed by atoms with Crippen molar-refractivity contribution in [1.29, 1.82) is 0 Å². The lowest BCUT2D eigenvalue weighted by molar-refractivity contribution is 0.229. The van der Waals surface area contributed by atoms with Crippen molar-refractivity contribution >= 4 is 0 Å². The molecule has 2 unspecified atom stereocenters. The van der Waals surface area contributed by atoms with Gasteiger partial charge in [0, 0.05) is 31.2 Å². The summed E-state index contributed by atoms with van der Waals surface area (Å²) in [4.78, 5) is 2.39. The molecule has 0 radical (unpaired) electrons. The number of nitrogens with one attached hydrogen (secondary N) is 1. The van der Waals surface area contributed by atoms with E-state index < -0.39 is 0 Å². The molecule has 0 aliphatic heterocycles. The van der Waals surface area contributed by atoms with Gasteiger partial charge in [0.2, 0.25) is 0 Å². The van der Waals surface area contributed by atoms with Crippen LogP contribution in [0, 0.1) is 11.8 Å². The smallest absolute Gasteiger partial charge is 0.123 e. The lowest BCUT2D eigenvalue weighted by atomic mass is 10.2. The molecule has 3 heteroatoms. The monoisotopic (exact) mass is 290 g/mol. The minimum atomic E-state index is 0.490. The lowest BCUT2D eigenvalue weighted by Crippen LogP contribution is -2.27. The highest BCUT2D eigenvalue weighted by Crippen LogP contribution is 2.37. The predicted octanol–water partition coefficient (Wildman–Crippen LogP) is 3.15. The van der Waals surface area contributed by atoms with Crippen molar-refractivity contribution in [1.82, 2.24) is 10.2 Å². The summed E-state index contributed by atoms with van der Waals surface area (Å²) >= 11 is 0. The maximum absolute atomic E-state index is 5.99. The van der Waals surface area contributed by atoms with Crippen LogP contribution in [0.1, 0.15) is 32.8 Å². The van der Waals surface area contributed by atoms with Crippen molar-refractivity contribution in [2.75, 3.05) is 26.7 Å². The zero-order chi connectivity index (χ0) is 15.2. The number of hydrogen-bond acceptors (Lipinski definition) is 3. The third-order valence-electron chi connectivity index (χ3n) is 4.23. The summed E-state index contributed by atoms with van der Waals surface area (Å²) < 4.78 is 5.99. The van der Waals surface area contributed by atoms with Gasteiger partial charge in [-0.2, -0.15) is 0 Å². The molecule has 2 rings (SSSR count). The number of rotatable bonds is 9. The van der Waals surface area contributed by atoms with Crippen molar-refractivity contribution in [2.24, 2.45) is 11.8 Å². The van der Waals surface area contributed by atoms with Gasteiger partial charge in [0.15, 0.2) is 0 Å². The Hall–Kier alpha value is -1.06. The fraction of sp³-hybridized carbons (Fsp3) is 0.667. The van der Waals surface area contributed by atoms with Gasteiger partial charge >= 0.3 is 0 Å². The van der Waals surface area contributed by atoms with Gasteiger partial charge in [0.05, 0.1) is 0 Å². The van der Waals surface area contributed by atoms with E-state index in [-0.39, 0.29) is 0 Å². The van der Waals surface area contributed by atoms with Gasteiger partial charge in [0.1, 0.15) is 12.4 Å². The van der Waals surface area contributed by atoms with Crippen LogP contribution in [-0.2, 0) is 6.54 Å². The molecule has 0 saturated heterocycles. The Morgan fingerprint density at radius 2 is 2.05 bits per heavy atom. The highest BCUT2D eigenvalue weighted by atomic mass is 16.5. The van der Waals surface area contributed by atoms with Crippen LogP contribution in [0.4, 0.5) is 0 Å². The van der Waals surface area contributed by atoms with Crippen molar-refractivity contribution < 1.29 is 4.74 Å². The highest BCUT2D eigenvalue weighted by Gasteiger charge is 2.32. The first-order chi connectivity index (χ1) is 10.1. The average Bonchev–Trinajstić information content (AvgIpc) is 3.12. The summed E-state index contributed by atoms with van der Waals surface area (Å²) in [6, 6.07) is 8.82. The Morgan fingerprint density at radius 3 is 2.71 bits per heavy atom. The molecular formula is C18H30N2O. The molecule has 1 aliphatic carbocycles. The topological polar surface area (TPSA) is 24.5 Å². The Morgan fingerprint density at radius 1 is 1.33 bits per heavy atom. The molecule has 21 heavy (non-hydrogen) atoms. The lowest BCUT2D eigenvalue weighted by Gasteiger charge is -2.18. The normalized spacial score (nSPS) is 21.0. The van der Waals surface area contributed by atoms with E-state index in [9.17, 15) is 0 Å². The molecule has 1 fully saturated rings. The first-order valence-corrected chi connectivity index (χ1v) is 8.19. The zero-order valence-electron chi connectivity index (χ0n) is 13.9. The van der Waals surface area contributed by atoms with Gasteiger partial charge in [-0.05, 0) is 31.4 Å². The van der Waals surface area contributed by atoms with Crippen molar-refractivity contribution in [3.63, 3.8) is 0 Å². The first kappa shape index (κ1) is 16.3. The van der Waals surface area contributed by atoms with Crippen molar-refractivity contribution in [3.8, 4) is 5.75 Å². The molecule has 0 aromatic heterocycles. The minimum Gasteiger partial charge on any atom is -0.492 e. The van der Waals surface area contributed by atoms with Crippen molar-refractivity contribution in [2.45, 2.75) is 39.8 Å². The first-order valence-electron chi connectivity index (χ1n) is 8.19. The Kier molecular flexibility index (Phi) is 6.07. The minimum absolute atomic E-state index is 0.490. The second-order valence-corrected chi connectivity index (χ2v) is 6.73. The summed E-state index contributed by atoms with van der Waals surface area (Å²) in [6.45, 7) is 10.5. The van der Waals surface area contributed by atoms with E-state index in [1.54, 1.807) is 0 Å². The molecule has 1 aromatic rings. The summed E-state index contributed by atoms with van der Waals surface area (Å²) in [5, 5.41) is 3.45. The summed E-state index contributed by atoms with van der Waals surface area (Å²) in [5.41, 5.74) is 1.24. The number of para-hydroxylation sites is 1. The zero-order valence-corrected chi connectivity index (χ0v) is 13.9. The van der Waals surface area contributed by atoms with Crippen LogP contribution >= 0.6 is 0 Å². The fourth-order valence-electron chi connectivity index (χ4n) is 2.56. The molecule has 0 heterocycles. The number of benzene rings is 1. The van der Waals surface area contributed by atoms with Crippen LogP contribution in [0.5, 0.6) is 5.75 Å². The standard InChI is InChI=1S/C18H30N2O/c1-14(2)19-12-16-7-5-6-8-18(16)21-10-9-20(4)13-17-11-15(17)3/h5-8,14-15,17,19H,9-13H2,1-4H3. The maximum Gasteiger partial charge on any atom is 0.123 e. The van der Waals surface area contributed by atoms with Crippen LogP contribution in [0.25, 0.3) is 0 Å². The number of likely N-dealkylation sites (N-methyl/N-ethyl adjacent to an activating group) is 1. The molecule has 2 atom stereocenters. The summed E-state index contributed by atoms with van der Waals surface area (Å²) in [7, 11) is 2.20. The molecule has 3 nitrogen and oxygen atoms in total. The van der Waals surface area contributed by atoms with E-state index >= 15 is 0 Å². The van der Waals surface area contributed by atoms with E-state index in [0.717, 1.165) is 37.3 Å². The van der Waals surface area contributed by atoms with Crippen LogP contribution in [0.3, 0.4) is 0 Å². The van der Waals surface area contributed by atoms with E-state index in [4.69, 9.17) is 4.74 Å². The molecule has 0 spiro atoms. The summed E-state index contributed by atoms with van der Waals surface area (Å²) in [5.74, 6) is 2.85. The Labute approximate surface area is 129 Å². The fourth-order valence-corrected chi connectivity index (χ4v) is 2.56. The van der Waals surface area contributed by atoms with E-state index in [1.807, 2.05) is 6.07 Å². The van der Waals surface area contributed by atoms with E-state index in [0.29, 0.717) is 6.04 Å². The van der Waals surface area contributed by atoms with Crippen LogP contribution in [-0.4, -0.2) is 37.7 Å². The third kappa shape index (κ3) is 5.68. The van der Waals surface area contributed by atoms with Crippen LogP contribution < -0.4 is 10.1 Å². The number of ether oxygens (including phenoxy) is 1. The van der Waals surface area contributed by atoms with Gasteiger partial charge in [-0.15, -0.1) is 0 Å².